The molecule has 0 atom stereocenters. The van der Waals surface area contributed by atoms with Crippen LogP contribution < -0.4 is 10.5 Å². The van der Waals surface area contributed by atoms with E-state index in [2.05, 4.69) is 4.72 Å². The van der Waals surface area contributed by atoms with Gasteiger partial charge in [-0.15, -0.1) is 0 Å². The molecule has 1 amide bonds. The Morgan fingerprint density at radius 1 is 1.05 bits per heavy atom. The van der Waals surface area contributed by atoms with E-state index in [0.29, 0.717) is 5.69 Å². The molecular weight excluding hydrogens is 300 g/mol. The topological polar surface area (TPSA) is 89.3 Å². The Kier molecular flexibility index (Phi) is 3.62. The fourth-order valence-electron chi connectivity index (χ4n) is 2.67. The third-order valence-electron chi connectivity index (χ3n) is 3.78. The summed E-state index contributed by atoms with van der Waals surface area (Å²) in [4.78, 5) is 11.4. The molecule has 0 fully saturated rings. The Bertz CT molecular complexity index is 844. The van der Waals surface area contributed by atoms with Crippen LogP contribution in [0.25, 0.3) is 0 Å². The molecule has 2 aromatic carbocycles. The molecule has 0 bridgehead atoms. The van der Waals surface area contributed by atoms with Gasteiger partial charge in [-0.3, -0.25) is 9.52 Å². The highest BCUT2D eigenvalue weighted by Gasteiger charge is 2.18. The highest BCUT2D eigenvalue weighted by Crippen LogP contribution is 2.26. The number of rotatable bonds is 4. The Morgan fingerprint density at radius 3 is 2.59 bits per heavy atom. The molecule has 0 spiro atoms. The predicted molar refractivity (Wildman–Crippen MR) is 84.2 cm³/mol. The molecule has 1 aliphatic rings. The van der Waals surface area contributed by atoms with Gasteiger partial charge in [0.25, 0.3) is 10.0 Å². The van der Waals surface area contributed by atoms with Gasteiger partial charge >= 0.3 is 0 Å². The zero-order valence-corrected chi connectivity index (χ0v) is 12.7. The predicted octanol–water partition coefficient (Wildman–Crippen LogP) is 2.08. The zero-order chi connectivity index (χ0) is 15.7. The molecule has 0 aromatic heterocycles. The lowest BCUT2D eigenvalue weighted by molar-refractivity contribution is 0.100. The van der Waals surface area contributed by atoms with Crippen molar-refractivity contribution in [2.45, 2.75) is 24.2 Å². The number of hydrogen-bond acceptors (Lipinski definition) is 3. The molecule has 6 heteroatoms. The maximum atomic E-state index is 12.5. The van der Waals surface area contributed by atoms with E-state index in [-0.39, 0.29) is 10.5 Å². The maximum absolute atomic E-state index is 12.5. The quantitative estimate of drug-likeness (QED) is 0.905. The van der Waals surface area contributed by atoms with E-state index in [1.54, 1.807) is 24.3 Å². The molecule has 0 saturated carbocycles. The van der Waals surface area contributed by atoms with Crippen LogP contribution in [0.5, 0.6) is 0 Å². The number of anilines is 1. The average Bonchev–Trinajstić information content (AvgIpc) is 2.94. The van der Waals surface area contributed by atoms with Gasteiger partial charge in [-0.1, -0.05) is 12.1 Å². The van der Waals surface area contributed by atoms with Crippen molar-refractivity contribution in [3.63, 3.8) is 0 Å². The van der Waals surface area contributed by atoms with Crippen LogP contribution in [0, 0.1) is 0 Å². The molecule has 114 valence electrons. The minimum absolute atomic E-state index is 0.234. The van der Waals surface area contributed by atoms with Gasteiger partial charge in [-0.05, 0) is 60.7 Å². The molecular formula is C16H16N2O3S. The first-order valence-corrected chi connectivity index (χ1v) is 8.48. The van der Waals surface area contributed by atoms with Crippen LogP contribution in [0.3, 0.4) is 0 Å². The van der Waals surface area contributed by atoms with Crippen LogP contribution >= 0.6 is 0 Å². The number of amides is 1. The van der Waals surface area contributed by atoms with E-state index in [4.69, 9.17) is 5.73 Å². The number of primary amides is 1. The smallest absolute Gasteiger partial charge is 0.261 e. The lowest BCUT2D eigenvalue weighted by Gasteiger charge is -2.10. The van der Waals surface area contributed by atoms with Crippen molar-refractivity contribution in [2.75, 3.05) is 4.72 Å². The summed E-state index contributed by atoms with van der Waals surface area (Å²) in [7, 11) is -3.68. The van der Waals surface area contributed by atoms with Crippen molar-refractivity contribution in [1.82, 2.24) is 0 Å². The fraction of sp³-hybridized carbons (Fsp3) is 0.188. The number of aryl methyl sites for hydroxylation is 2. The number of hydrogen-bond donors (Lipinski definition) is 2. The van der Waals surface area contributed by atoms with E-state index in [1.807, 2.05) is 6.07 Å². The van der Waals surface area contributed by atoms with Gasteiger partial charge in [-0.2, -0.15) is 0 Å². The second-order valence-electron chi connectivity index (χ2n) is 5.33. The van der Waals surface area contributed by atoms with Crippen molar-refractivity contribution in [1.29, 1.82) is 0 Å². The molecule has 22 heavy (non-hydrogen) atoms. The van der Waals surface area contributed by atoms with Crippen molar-refractivity contribution >= 4 is 21.6 Å². The standard InChI is InChI=1S/C16H16N2O3S/c17-16(19)13-5-2-6-14(9-13)18-22(20,21)15-8-7-11-3-1-4-12(11)10-15/h2,5-10,18H,1,3-4H2,(H2,17,19). The molecule has 2 aromatic rings. The summed E-state index contributed by atoms with van der Waals surface area (Å²) in [6.45, 7) is 0. The minimum Gasteiger partial charge on any atom is -0.366 e. The Hall–Kier alpha value is -2.34. The molecule has 0 aliphatic heterocycles. The Labute approximate surface area is 129 Å². The summed E-state index contributed by atoms with van der Waals surface area (Å²) in [5, 5.41) is 0. The Balaban J connectivity index is 1.90. The minimum atomic E-state index is -3.68. The molecule has 0 saturated heterocycles. The first-order chi connectivity index (χ1) is 10.5. The summed E-state index contributed by atoms with van der Waals surface area (Å²) in [5.41, 5.74) is 8.09. The normalized spacial score (nSPS) is 13.6. The number of nitrogens with two attached hydrogens (primary N) is 1. The molecule has 1 aliphatic carbocycles. The van der Waals surface area contributed by atoms with Crippen LogP contribution in [0.2, 0.25) is 0 Å². The highest BCUT2D eigenvalue weighted by atomic mass is 32.2. The van der Waals surface area contributed by atoms with E-state index >= 15 is 0 Å². The van der Waals surface area contributed by atoms with Crippen LogP contribution in [0.1, 0.15) is 27.9 Å². The van der Waals surface area contributed by atoms with E-state index in [1.165, 1.54) is 17.7 Å². The average molecular weight is 316 g/mol. The number of fused-ring (bicyclic) bond motifs is 1. The lowest BCUT2D eigenvalue weighted by atomic mass is 10.1. The molecule has 3 rings (SSSR count). The first-order valence-electron chi connectivity index (χ1n) is 7.00. The number of sulfonamides is 1. The van der Waals surface area contributed by atoms with Crippen molar-refractivity contribution in [3.8, 4) is 0 Å². The van der Waals surface area contributed by atoms with Crippen molar-refractivity contribution in [3.05, 3.63) is 59.2 Å². The molecule has 0 heterocycles. The van der Waals surface area contributed by atoms with Crippen LogP contribution in [0.15, 0.2) is 47.4 Å². The summed E-state index contributed by atoms with van der Waals surface area (Å²) >= 11 is 0. The Morgan fingerprint density at radius 2 is 1.82 bits per heavy atom. The van der Waals surface area contributed by atoms with Gasteiger partial charge in [0.05, 0.1) is 4.90 Å². The second kappa shape index (κ2) is 5.46. The molecule has 0 unspecified atom stereocenters. The van der Waals surface area contributed by atoms with Gasteiger partial charge in [0.15, 0.2) is 0 Å². The van der Waals surface area contributed by atoms with Crippen molar-refractivity contribution in [2.24, 2.45) is 5.73 Å². The maximum Gasteiger partial charge on any atom is 0.261 e. The van der Waals surface area contributed by atoms with Gasteiger partial charge in [0.2, 0.25) is 5.91 Å². The molecule has 3 N–H and O–H groups in total. The number of benzene rings is 2. The van der Waals surface area contributed by atoms with Crippen LogP contribution in [-0.2, 0) is 22.9 Å². The monoisotopic (exact) mass is 316 g/mol. The third-order valence-corrected chi connectivity index (χ3v) is 5.16. The van der Waals surface area contributed by atoms with Gasteiger partial charge in [0.1, 0.15) is 0 Å². The summed E-state index contributed by atoms with van der Waals surface area (Å²) in [6.07, 6.45) is 2.98. The summed E-state index contributed by atoms with van der Waals surface area (Å²) in [6, 6.07) is 11.3. The largest absolute Gasteiger partial charge is 0.366 e. The van der Waals surface area contributed by atoms with Gasteiger partial charge < -0.3 is 5.73 Å². The number of carbonyl (C=O) groups is 1. The van der Waals surface area contributed by atoms with E-state index in [0.717, 1.165) is 24.8 Å². The van der Waals surface area contributed by atoms with Crippen LogP contribution in [-0.4, -0.2) is 14.3 Å². The SMILES string of the molecule is NC(=O)c1cccc(NS(=O)(=O)c2ccc3c(c2)CCC3)c1. The van der Waals surface area contributed by atoms with Gasteiger partial charge in [-0.25, -0.2) is 8.42 Å². The van der Waals surface area contributed by atoms with E-state index in [9.17, 15) is 13.2 Å². The highest BCUT2D eigenvalue weighted by molar-refractivity contribution is 7.92. The number of carbonyl (C=O) groups excluding carboxylic acids is 1. The van der Waals surface area contributed by atoms with Gasteiger partial charge in [0, 0.05) is 11.3 Å². The second-order valence-corrected chi connectivity index (χ2v) is 7.02. The molecule has 0 radical (unpaired) electrons. The fourth-order valence-corrected chi connectivity index (χ4v) is 3.77. The number of nitrogens with one attached hydrogen (secondary N) is 1. The third kappa shape index (κ3) is 2.82. The van der Waals surface area contributed by atoms with E-state index < -0.39 is 15.9 Å². The molecule has 5 nitrogen and oxygen atoms in total. The van der Waals surface area contributed by atoms with Crippen LogP contribution in [0.4, 0.5) is 5.69 Å². The first kappa shape index (κ1) is 14.6. The van der Waals surface area contributed by atoms with Crippen molar-refractivity contribution < 1.29 is 13.2 Å². The summed E-state index contributed by atoms with van der Waals surface area (Å²) in [5.74, 6) is -0.599. The summed E-state index contributed by atoms with van der Waals surface area (Å²) < 4.78 is 27.4. The zero-order valence-electron chi connectivity index (χ0n) is 11.9. The lowest BCUT2D eigenvalue weighted by Crippen LogP contribution is -2.15.